The number of rotatable bonds is 6. The maximum absolute atomic E-state index is 12.4. The van der Waals surface area contributed by atoms with E-state index in [1.807, 2.05) is 11.9 Å². The van der Waals surface area contributed by atoms with Crippen LogP contribution in [0.3, 0.4) is 0 Å². The third-order valence-electron chi connectivity index (χ3n) is 2.88. The van der Waals surface area contributed by atoms with Crippen LogP contribution in [0.15, 0.2) is 12.5 Å². The Balaban J connectivity index is 2.81. The highest BCUT2D eigenvalue weighted by atomic mass is 16.2. The Labute approximate surface area is 109 Å². The molecule has 0 aliphatic rings. The molecule has 1 aromatic heterocycles. The molecule has 0 saturated heterocycles. The van der Waals surface area contributed by atoms with Crippen molar-refractivity contribution >= 4 is 5.91 Å². The predicted octanol–water partition coefficient (Wildman–Crippen LogP) is 1.26. The summed E-state index contributed by atoms with van der Waals surface area (Å²) in [7, 11) is 1.86. The van der Waals surface area contributed by atoms with E-state index in [9.17, 15) is 4.79 Å². The van der Waals surface area contributed by atoms with Crippen LogP contribution >= 0.6 is 0 Å². The number of nitrogens with two attached hydrogens (primary N) is 1. The molecule has 0 bridgehead atoms. The topological polar surface area (TPSA) is 64.2 Å². The lowest BCUT2D eigenvalue weighted by molar-refractivity contribution is 0.0684. The molecule has 0 aliphatic carbocycles. The SMILES string of the molecule is CCCN(CC(C)(C)CN)C(=O)c1cn(C)cn1. The Hall–Kier alpha value is -1.36. The molecule has 1 heterocycles. The molecule has 1 aromatic rings. The van der Waals surface area contributed by atoms with E-state index in [1.54, 1.807) is 17.1 Å². The Bertz CT molecular complexity index is 397. The molecule has 2 N–H and O–H groups in total. The molecule has 0 spiro atoms. The summed E-state index contributed by atoms with van der Waals surface area (Å²) in [6.45, 7) is 8.16. The average Bonchev–Trinajstić information content (AvgIpc) is 2.74. The second-order valence-corrected chi connectivity index (χ2v) is 5.52. The first-order chi connectivity index (χ1) is 8.39. The Morgan fingerprint density at radius 2 is 2.22 bits per heavy atom. The molecule has 0 atom stereocenters. The molecule has 0 saturated carbocycles. The third-order valence-corrected chi connectivity index (χ3v) is 2.88. The van der Waals surface area contributed by atoms with Gasteiger partial charge in [0.05, 0.1) is 6.33 Å². The smallest absolute Gasteiger partial charge is 0.274 e. The summed E-state index contributed by atoms with van der Waals surface area (Å²) >= 11 is 0. The van der Waals surface area contributed by atoms with Crippen LogP contribution in [0, 0.1) is 5.41 Å². The molecule has 102 valence electrons. The van der Waals surface area contributed by atoms with Crippen LogP contribution in [0.2, 0.25) is 0 Å². The maximum Gasteiger partial charge on any atom is 0.274 e. The van der Waals surface area contributed by atoms with Crippen molar-refractivity contribution in [3.8, 4) is 0 Å². The first kappa shape index (κ1) is 14.7. The third kappa shape index (κ3) is 3.84. The zero-order chi connectivity index (χ0) is 13.8. The first-order valence-corrected chi connectivity index (χ1v) is 6.37. The minimum atomic E-state index is -0.0698. The van der Waals surface area contributed by atoms with E-state index in [-0.39, 0.29) is 11.3 Å². The van der Waals surface area contributed by atoms with Gasteiger partial charge in [0.2, 0.25) is 0 Å². The van der Waals surface area contributed by atoms with Gasteiger partial charge in [-0.1, -0.05) is 20.8 Å². The number of aromatic nitrogens is 2. The lowest BCUT2D eigenvalue weighted by Gasteiger charge is -2.31. The minimum absolute atomic E-state index is 0.0148. The zero-order valence-electron chi connectivity index (χ0n) is 11.8. The largest absolute Gasteiger partial charge is 0.340 e. The van der Waals surface area contributed by atoms with Crippen molar-refractivity contribution in [1.82, 2.24) is 14.5 Å². The van der Waals surface area contributed by atoms with Gasteiger partial charge in [-0.05, 0) is 18.4 Å². The second kappa shape index (κ2) is 6.00. The predicted molar refractivity (Wildman–Crippen MR) is 72.2 cm³/mol. The van der Waals surface area contributed by atoms with Crippen LogP contribution in [-0.2, 0) is 7.05 Å². The fourth-order valence-electron chi connectivity index (χ4n) is 1.79. The number of hydrogen-bond acceptors (Lipinski definition) is 3. The average molecular weight is 252 g/mol. The Morgan fingerprint density at radius 3 is 2.67 bits per heavy atom. The molecular weight excluding hydrogens is 228 g/mol. The van der Waals surface area contributed by atoms with Crippen molar-refractivity contribution < 1.29 is 4.79 Å². The van der Waals surface area contributed by atoms with E-state index < -0.39 is 0 Å². The van der Waals surface area contributed by atoms with Crippen LogP contribution in [0.25, 0.3) is 0 Å². The first-order valence-electron chi connectivity index (χ1n) is 6.37. The molecule has 0 fully saturated rings. The molecule has 0 radical (unpaired) electrons. The number of amides is 1. The summed E-state index contributed by atoms with van der Waals surface area (Å²) in [6.07, 6.45) is 4.32. The highest BCUT2D eigenvalue weighted by Gasteiger charge is 2.25. The van der Waals surface area contributed by atoms with Gasteiger partial charge >= 0.3 is 0 Å². The molecular formula is C13H24N4O. The Morgan fingerprint density at radius 1 is 1.56 bits per heavy atom. The number of hydrogen-bond donors (Lipinski definition) is 1. The number of nitrogens with zero attached hydrogens (tertiary/aromatic N) is 3. The summed E-state index contributed by atoms with van der Waals surface area (Å²) in [5.74, 6) is -0.0148. The van der Waals surface area contributed by atoms with Crippen molar-refractivity contribution in [3.63, 3.8) is 0 Å². The highest BCUT2D eigenvalue weighted by molar-refractivity contribution is 5.92. The molecule has 1 rings (SSSR count). The number of carbonyl (C=O) groups is 1. The van der Waals surface area contributed by atoms with Crippen LogP contribution < -0.4 is 5.73 Å². The lowest BCUT2D eigenvalue weighted by atomic mass is 9.93. The van der Waals surface area contributed by atoms with Gasteiger partial charge in [0.25, 0.3) is 5.91 Å². The molecule has 0 unspecified atom stereocenters. The van der Waals surface area contributed by atoms with E-state index in [0.717, 1.165) is 13.0 Å². The molecule has 18 heavy (non-hydrogen) atoms. The summed E-state index contributed by atoms with van der Waals surface area (Å²) in [6, 6.07) is 0. The number of aryl methyl sites for hydroxylation is 1. The monoisotopic (exact) mass is 252 g/mol. The second-order valence-electron chi connectivity index (χ2n) is 5.52. The number of carbonyl (C=O) groups excluding carboxylic acids is 1. The molecule has 1 amide bonds. The highest BCUT2D eigenvalue weighted by Crippen LogP contribution is 2.16. The summed E-state index contributed by atoms with van der Waals surface area (Å²) in [5, 5.41) is 0. The van der Waals surface area contributed by atoms with Gasteiger partial charge in [0.1, 0.15) is 5.69 Å². The quantitative estimate of drug-likeness (QED) is 0.829. The standard InChI is InChI=1S/C13H24N4O/c1-5-6-17(9-13(2,3)8-14)12(18)11-7-16(4)10-15-11/h7,10H,5-6,8-9,14H2,1-4H3. The van der Waals surface area contributed by atoms with Gasteiger partial charge < -0.3 is 15.2 Å². The van der Waals surface area contributed by atoms with E-state index in [1.165, 1.54) is 0 Å². The van der Waals surface area contributed by atoms with Crippen LogP contribution in [0.1, 0.15) is 37.7 Å². The van der Waals surface area contributed by atoms with Gasteiger partial charge in [0, 0.05) is 26.3 Å². The van der Waals surface area contributed by atoms with E-state index >= 15 is 0 Å². The van der Waals surface area contributed by atoms with Gasteiger partial charge in [-0.15, -0.1) is 0 Å². The van der Waals surface area contributed by atoms with Gasteiger partial charge in [-0.2, -0.15) is 0 Å². The van der Waals surface area contributed by atoms with E-state index in [2.05, 4.69) is 25.8 Å². The van der Waals surface area contributed by atoms with Crippen molar-refractivity contribution in [2.24, 2.45) is 18.2 Å². The molecule has 0 aromatic carbocycles. The lowest BCUT2D eigenvalue weighted by Crippen LogP contribution is -2.42. The van der Waals surface area contributed by atoms with Crippen molar-refractivity contribution in [2.75, 3.05) is 19.6 Å². The fourth-order valence-corrected chi connectivity index (χ4v) is 1.79. The van der Waals surface area contributed by atoms with Crippen LogP contribution in [0.5, 0.6) is 0 Å². The fraction of sp³-hybridized carbons (Fsp3) is 0.692. The van der Waals surface area contributed by atoms with Crippen LogP contribution in [0.4, 0.5) is 0 Å². The summed E-state index contributed by atoms with van der Waals surface area (Å²) in [4.78, 5) is 18.3. The minimum Gasteiger partial charge on any atom is -0.340 e. The Kier molecular flexibility index (Phi) is 4.90. The van der Waals surface area contributed by atoms with Crippen LogP contribution in [-0.4, -0.2) is 40.0 Å². The zero-order valence-corrected chi connectivity index (χ0v) is 11.8. The van der Waals surface area contributed by atoms with E-state index in [0.29, 0.717) is 18.8 Å². The van der Waals surface area contributed by atoms with Gasteiger partial charge in [-0.25, -0.2) is 4.98 Å². The van der Waals surface area contributed by atoms with Crippen molar-refractivity contribution in [2.45, 2.75) is 27.2 Å². The van der Waals surface area contributed by atoms with Crippen molar-refractivity contribution in [3.05, 3.63) is 18.2 Å². The number of imidazole rings is 1. The van der Waals surface area contributed by atoms with Crippen molar-refractivity contribution in [1.29, 1.82) is 0 Å². The molecule has 5 heteroatoms. The van der Waals surface area contributed by atoms with Gasteiger partial charge in [-0.3, -0.25) is 4.79 Å². The molecule has 5 nitrogen and oxygen atoms in total. The summed E-state index contributed by atoms with van der Waals surface area (Å²) < 4.78 is 1.78. The van der Waals surface area contributed by atoms with E-state index in [4.69, 9.17) is 5.73 Å². The maximum atomic E-state index is 12.4. The molecule has 0 aliphatic heterocycles. The summed E-state index contributed by atoms with van der Waals surface area (Å²) in [5.41, 5.74) is 6.17. The normalized spacial score (nSPS) is 11.6. The van der Waals surface area contributed by atoms with Gasteiger partial charge in [0.15, 0.2) is 0 Å².